The number of fused-ring (bicyclic) bond motifs is 3. The maximum Gasteiger partial charge on any atom is 0.335 e. The Labute approximate surface area is 640 Å². The monoisotopic (exact) mass is 1530 g/mol. The van der Waals surface area contributed by atoms with Crippen LogP contribution in [0.5, 0.6) is 17.2 Å². The van der Waals surface area contributed by atoms with Gasteiger partial charge in [-0.2, -0.15) is 5.10 Å². The van der Waals surface area contributed by atoms with Gasteiger partial charge in [0.15, 0.2) is 22.9 Å². The summed E-state index contributed by atoms with van der Waals surface area (Å²) in [5.74, 6) is -6.36. The molecule has 0 spiro atoms. The fraction of sp³-hybridized carbons (Fsp3) is 0.226. The zero-order chi connectivity index (χ0) is 79.2. The second-order valence-electron chi connectivity index (χ2n) is 29.4. The molecule has 0 bridgehead atoms. The lowest BCUT2D eigenvalue weighted by Gasteiger charge is -2.21. The Bertz CT molecular complexity index is 5570. The van der Waals surface area contributed by atoms with Crippen molar-refractivity contribution in [1.29, 1.82) is 0 Å². The highest BCUT2D eigenvalue weighted by molar-refractivity contribution is 6.12. The minimum Gasteiger partial charge on any atom is -0.505 e. The molecule has 3 heterocycles. The van der Waals surface area contributed by atoms with Gasteiger partial charge in [-0.05, 0) is 217 Å². The number of hydrazone groups is 1. The number of anilines is 2. The van der Waals surface area contributed by atoms with Crippen LogP contribution in [0.15, 0.2) is 199 Å². The summed E-state index contributed by atoms with van der Waals surface area (Å²) in [6.07, 6.45) is 6.86. The van der Waals surface area contributed by atoms with E-state index in [4.69, 9.17) is 10.8 Å². The number of carboxylic acid groups (broad SMARTS) is 3. The Balaban J connectivity index is 0.000000154. The number of carbonyl (C=O) groups excluding carboxylic acids is 1. The van der Waals surface area contributed by atoms with E-state index in [-0.39, 0.29) is 114 Å². The molecule has 23 nitrogen and oxygen atoms in total. The van der Waals surface area contributed by atoms with Crippen molar-refractivity contribution >= 4 is 76.1 Å². The van der Waals surface area contributed by atoms with Crippen molar-refractivity contribution in [1.82, 2.24) is 19.6 Å². The molecule has 9 aromatic carbocycles. The topological polar surface area (TPSA) is 356 Å². The Morgan fingerprint density at radius 3 is 1.15 bits per heavy atom. The maximum absolute atomic E-state index is 14.4. The van der Waals surface area contributed by atoms with E-state index in [0.717, 1.165) is 79.9 Å². The second kappa shape index (κ2) is 31.3. The highest BCUT2D eigenvalue weighted by Gasteiger charge is 2.34. The molecule has 1 aliphatic heterocycles. The van der Waals surface area contributed by atoms with Gasteiger partial charge in [0.2, 0.25) is 0 Å². The highest BCUT2D eigenvalue weighted by atomic mass is 35.5. The largest absolute Gasteiger partial charge is 0.505 e. The summed E-state index contributed by atoms with van der Waals surface area (Å²) >= 11 is 0. The molecule has 10 N–H and O–H groups in total. The van der Waals surface area contributed by atoms with E-state index in [2.05, 4.69) is 89.4 Å². The average molecular weight is 1530 g/mol. The molecular formula is C84H79ClF3N11O12. The first-order valence-electron chi connectivity index (χ1n) is 35.1. The van der Waals surface area contributed by atoms with Gasteiger partial charge in [0.1, 0.15) is 34.6 Å². The number of nitrogens with one attached hydrogen (secondary N) is 2. The van der Waals surface area contributed by atoms with Crippen molar-refractivity contribution in [3.05, 3.63) is 263 Å². The molecule has 0 atom stereocenters. The number of nitrogen functional groups attached to an aromatic ring is 1. The summed E-state index contributed by atoms with van der Waals surface area (Å²) in [6, 6.07) is 41.8. The molecule has 2 aromatic heterocycles. The van der Waals surface area contributed by atoms with Crippen molar-refractivity contribution in [2.24, 2.45) is 25.6 Å². The van der Waals surface area contributed by atoms with Gasteiger partial charge in [0.05, 0.1) is 57.2 Å². The summed E-state index contributed by atoms with van der Waals surface area (Å²) < 4.78 is 44.9. The van der Waals surface area contributed by atoms with Crippen LogP contribution in [0.2, 0.25) is 0 Å². The first-order valence-corrected chi connectivity index (χ1v) is 35.1. The molecule has 15 rings (SSSR count). The predicted octanol–water partition coefficient (Wildman–Crippen LogP) is 18.6. The maximum atomic E-state index is 14.4. The number of halogens is 4. The molecule has 0 saturated carbocycles. The lowest BCUT2D eigenvalue weighted by Crippen LogP contribution is -2.20. The number of nitrogens with zero attached hydrogens (tertiary/aromatic N) is 8. The standard InChI is InChI=1S/2C28H25FN4O4.C15H18N2O.C13H10FNO3.ClH/c2*1-15-24(26(35)33(32-15)20-8-7-16-9-10-28(2,3)22(16)14-20)31-30-23-13-19(29)12-21(25(23)34)17-5-4-6-18(11-17)27(36)37;1-10-8-14(18)17(16-10)12-5-4-11-6-7-15(2,3)13(11)9-12;14-9-5-10(12(16)11(15)6-9)7-2-1-3-8(4-7)13(17)18;/h2*4-8,11-14,32,34H,9-10H2,1-3H3,(H,36,37);4-5,9H,6-8H2,1-3H3;1-6,16H,15H2,(H,17,18);1H. The van der Waals surface area contributed by atoms with E-state index in [0.29, 0.717) is 45.9 Å². The smallest absolute Gasteiger partial charge is 0.335 e. The Morgan fingerprint density at radius 1 is 0.459 bits per heavy atom. The lowest BCUT2D eigenvalue weighted by molar-refractivity contribution is -0.116. The summed E-state index contributed by atoms with van der Waals surface area (Å²) in [4.78, 5) is 71.7. The number of amides is 1. The number of aromatic carboxylic acids is 3. The number of aromatic nitrogens is 4. The molecule has 0 unspecified atom stereocenters. The molecule has 0 fully saturated rings. The predicted molar refractivity (Wildman–Crippen MR) is 419 cm³/mol. The number of nitrogens with two attached hydrogens (primary N) is 1. The quantitative estimate of drug-likeness (QED) is 0.0295. The van der Waals surface area contributed by atoms with Crippen LogP contribution >= 0.6 is 12.4 Å². The van der Waals surface area contributed by atoms with E-state index in [1.54, 1.807) is 37.1 Å². The van der Waals surface area contributed by atoms with E-state index in [1.807, 2.05) is 49.4 Å². The molecule has 570 valence electrons. The van der Waals surface area contributed by atoms with Gasteiger partial charge < -0.3 is 36.4 Å². The van der Waals surface area contributed by atoms with Crippen LogP contribution in [0.3, 0.4) is 0 Å². The van der Waals surface area contributed by atoms with Crippen molar-refractivity contribution in [2.75, 3.05) is 10.7 Å². The number of carboxylic acids is 3. The molecule has 111 heavy (non-hydrogen) atoms. The van der Waals surface area contributed by atoms with Gasteiger partial charge in [0, 0.05) is 40.6 Å². The van der Waals surface area contributed by atoms with Crippen LogP contribution in [0.25, 0.3) is 44.8 Å². The molecule has 4 aliphatic rings. The minimum atomic E-state index is -1.15. The number of hydrogen-bond acceptors (Lipinski definition) is 15. The van der Waals surface area contributed by atoms with Crippen molar-refractivity contribution in [3.8, 4) is 62.0 Å². The van der Waals surface area contributed by atoms with E-state index >= 15 is 0 Å². The Kier molecular flexibility index (Phi) is 22.3. The van der Waals surface area contributed by atoms with E-state index in [1.165, 1.54) is 104 Å². The van der Waals surface area contributed by atoms with Crippen LogP contribution in [0.1, 0.15) is 150 Å². The normalized spacial score (nSPS) is 14.6. The molecule has 0 radical (unpaired) electrons. The molecule has 3 aliphatic carbocycles. The number of H-pyrrole nitrogens is 2. The van der Waals surface area contributed by atoms with Gasteiger partial charge >= 0.3 is 17.9 Å². The number of phenolic OH excluding ortho intramolecular Hbond substituents is 3. The van der Waals surface area contributed by atoms with Crippen LogP contribution in [0, 0.1) is 31.3 Å². The number of azo groups is 2. The number of carbonyl (C=O) groups is 4. The van der Waals surface area contributed by atoms with Gasteiger partial charge in [0.25, 0.3) is 17.0 Å². The van der Waals surface area contributed by atoms with Crippen molar-refractivity contribution in [2.45, 2.75) is 124 Å². The van der Waals surface area contributed by atoms with Gasteiger partial charge in [-0.15, -0.1) is 32.9 Å². The highest BCUT2D eigenvalue weighted by Crippen LogP contribution is 2.45. The number of aryl methyl sites for hydroxylation is 5. The molecule has 0 saturated heterocycles. The number of phenols is 3. The molecule has 11 aromatic rings. The summed E-state index contributed by atoms with van der Waals surface area (Å²) in [5.41, 5.74) is 17.5. The van der Waals surface area contributed by atoms with Gasteiger partial charge in [-0.25, -0.2) is 41.9 Å². The molecule has 27 heteroatoms. The average Bonchev–Trinajstić information content (AvgIpc) is 1.63. The van der Waals surface area contributed by atoms with Gasteiger partial charge in [-0.1, -0.05) is 96.1 Å². The van der Waals surface area contributed by atoms with E-state index in [9.17, 15) is 67.5 Å². The van der Waals surface area contributed by atoms with Crippen LogP contribution in [-0.2, 0) is 40.3 Å². The minimum absolute atomic E-state index is 0. The van der Waals surface area contributed by atoms with E-state index < -0.39 is 46.5 Å². The SMILES string of the molecule is CC1=NN(c2ccc3c(c2)C(C)(C)CC3)C(=O)C1.Cc1[nH]n(-c2ccc3c(c2)C(C)(C)CC3)c(=O)c1N=Nc1cc(F)cc(-c2cccc(C(=O)O)c2)c1O.Cc1[nH]n(-c2ccc3c(c2)C(C)(C)CC3)c(=O)c1N=Nc1cc(F)cc(-c2cccc(C(=O)O)c2)c1O.Cl.Nc1cc(F)cc(-c2cccc(C(=O)O)c2)c1O. The zero-order valence-corrected chi connectivity index (χ0v) is 62.7. The van der Waals surface area contributed by atoms with Crippen LogP contribution < -0.4 is 21.9 Å². The Hall–Kier alpha value is -13.0. The number of benzene rings is 9. The molecular weight excluding hydrogens is 1450 g/mol. The fourth-order valence-electron chi connectivity index (χ4n) is 14.1. The first-order chi connectivity index (χ1) is 52.1. The number of aromatic hydroxyl groups is 3. The lowest BCUT2D eigenvalue weighted by atomic mass is 9.86. The third-order valence-electron chi connectivity index (χ3n) is 20.3. The zero-order valence-electron chi connectivity index (χ0n) is 61.9. The van der Waals surface area contributed by atoms with Crippen LogP contribution in [0.4, 0.5) is 47.3 Å². The third-order valence-corrected chi connectivity index (χ3v) is 20.3. The first kappa shape index (κ1) is 79.1. The fourth-order valence-corrected chi connectivity index (χ4v) is 14.1. The van der Waals surface area contributed by atoms with Crippen molar-refractivity contribution < 1.29 is 63.0 Å². The third kappa shape index (κ3) is 16.6. The number of aromatic amines is 2. The molecule has 1 amide bonds. The number of rotatable bonds is 13. The second-order valence-corrected chi connectivity index (χ2v) is 29.4. The number of hydrogen-bond donors (Lipinski definition) is 9. The summed E-state index contributed by atoms with van der Waals surface area (Å²) in [7, 11) is 0. The summed E-state index contributed by atoms with van der Waals surface area (Å²) in [5, 5.41) is 86.6. The Morgan fingerprint density at radius 2 is 0.802 bits per heavy atom. The van der Waals surface area contributed by atoms with Gasteiger partial charge in [-0.3, -0.25) is 24.6 Å². The van der Waals surface area contributed by atoms with Crippen LogP contribution in [-0.4, -0.2) is 79.7 Å². The van der Waals surface area contributed by atoms with Crippen molar-refractivity contribution in [3.63, 3.8) is 0 Å². The summed E-state index contributed by atoms with van der Waals surface area (Å²) in [6.45, 7) is 18.5.